The third-order valence-electron chi connectivity index (χ3n) is 1.54. The van der Waals surface area contributed by atoms with Crippen LogP contribution >= 0.6 is 23.2 Å². The second-order valence-electron chi connectivity index (χ2n) is 2.47. The van der Waals surface area contributed by atoms with Gasteiger partial charge in [-0.3, -0.25) is 0 Å². The molecule has 0 unspecified atom stereocenters. The number of nitrogens with zero attached hydrogens (tertiary/aromatic N) is 1. The molecule has 1 aromatic carbocycles. The summed E-state index contributed by atoms with van der Waals surface area (Å²) in [6.07, 6.45) is 0. The number of aromatic nitrogens is 1. The first kappa shape index (κ1) is 7.90. The maximum atomic E-state index is 5.78. The molecule has 0 aliphatic carbocycles. The molecule has 1 aromatic heterocycles. The molecule has 0 bridgehead atoms. The molecule has 0 radical (unpaired) electrons. The van der Waals surface area contributed by atoms with E-state index in [1.807, 2.05) is 0 Å². The quantitative estimate of drug-likeness (QED) is 0.653. The summed E-state index contributed by atoms with van der Waals surface area (Å²) in [6, 6.07) is 3.36. The summed E-state index contributed by atoms with van der Waals surface area (Å²) in [7, 11) is 0. The maximum absolute atomic E-state index is 5.78. The first-order valence-corrected chi connectivity index (χ1v) is 4.14. The Morgan fingerprint density at radius 2 is 1.92 bits per heavy atom. The van der Waals surface area contributed by atoms with Crippen LogP contribution in [0.2, 0.25) is 10.0 Å². The fraction of sp³-hybridized carbons (Fsp3) is 0.125. The number of benzene rings is 1. The lowest BCUT2D eigenvalue weighted by atomic mass is 10.3. The van der Waals surface area contributed by atoms with E-state index in [4.69, 9.17) is 27.6 Å². The van der Waals surface area contributed by atoms with Crippen LogP contribution in [0, 0.1) is 6.92 Å². The number of aryl methyl sites for hydroxylation is 1. The topological polar surface area (TPSA) is 26.0 Å². The molecule has 2 rings (SSSR count). The van der Waals surface area contributed by atoms with Crippen molar-refractivity contribution in [3.8, 4) is 0 Å². The summed E-state index contributed by atoms with van der Waals surface area (Å²) < 4.78 is 5.25. The number of oxazole rings is 1. The van der Waals surface area contributed by atoms with Crippen molar-refractivity contribution in [2.24, 2.45) is 0 Å². The first-order chi connectivity index (χ1) is 5.66. The molecule has 4 heteroatoms. The third-order valence-corrected chi connectivity index (χ3v) is 2.26. The summed E-state index contributed by atoms with van der Waals surface area (Å²) in [5.41, 5.74) is 1.41. The van der Waals surface area contributed by atoms with E-state index in [0.29, 0.717) is 21.5 Å². The van der Waals surface area contributed by atoms with E-state index in [1.54, 1.807) is 19.1 Å². The van der Waals surface area contributed by atoms with Crippen LogP contribution in [0.5, 0.6) is 0 Å². The van der Waals surface area contributed by atoms with Crippen molar-refractivity contribution in [2.45, 2.75) is 6.92 Å². The van der Waals surface area contributed by atoms with Gasteiger partial charge in [-0.25, -0.2) is 4.98 Å². The van der Waals surface area contributed by atoms with Gasteiger partial charge in [0, 0.05) is 13.0 Å². The molecule has 62 valence electrons. The van der Waals surface area contributed by atoms with Crippen molar-refractivity contribution in [3.63, 3.8) is 0 Å². The van der Waals surface area contributed by atoms with E-state index in [9.17, 15) is 0 Å². The van der Waals surface area contributed by atoms with Gasteiger partial charge < -0.3 is 4.42 Å². The fourth-order valence-corrected chi connectivity index (χ4v) is 1.35. The lowest BCUT2D eigenvalue weighted by molar-refractivity contribution is 0.561. The molecule has 0 saturated heterocycles. The van der Waals surface area contributed by atoms with Gasteiger partial charge in [0.15, 0.2) is 11.5 Å². The minimum Gasteiger partial charge on any atom is -0.441 e. The average Bonchev–Trinajstić information content (AvgIpc) is 2.30. The second-order valence-corrected chi connectivity index (χ2v) is 3.28. The van der Waals surface area contributed by atoms with Gasteiger partial charge in [-0.05, 0) is 6.07 Å². The number of hydrogen-bond donors (Lipinski definition) is 0. The van der Waals surface area contributed by atoms with Crippen molar-refractivity contribution >= 4 is 34.3 Å². The van der Waals surface area contributed by atoms with E-state index in [-0.39, 0.29) is 0 Å². The van der Waals surface area contributed by atoms with Gasteiger partial charge in [-0.2, -0.15) is 0 Å². The molecule has 2 aromatic rings. The highest BCUT2D eigenvalue weighted by Crippen LogP contribution is 2.27. The molecular formula is C8H5Cl2NO. The van der Waals surface area contributed by atoms with Crippen LogP contribution < -0.4 is 0 Å². The fourth-order valence-electron chi connectivity index (χ4n) is 1.04. The van der Waals surface area contributed by atoms with Gasteiger partial charge in [0.05, 0.1) is 10.0 Å². The lowest BCUT2D eigenvalue weighted by Gasteiger charge is -1.91. The molecule has 0 atom stereocenters. The highest BCUT2D eigenvalue weighted by atomic mass is 35.5. The van der Waals surface area contributed by atoms with Crippen LogP contribution in [0.1, 0.15) is 5.89 Å². The van der Waals surface area contributed by atoms with Crippen molar-refractivity contribution in [3.05, 3.63) is 28.1 Å². The number of hydrogen-bond acceptors (Lipinski definition) is 2. The van der Waals surface area contributed by atoms with Gasteiger partial charge in [-0.15, -0.1) is 0 Å². The van der Waals surface area contributed by atoms with Crippen LogP contribution in [0.4, 0.5) is 0 Å². The largest absolute Gasteiger partial charge is 0.441 e. The minimum absolute atomic E-state index is 0.486. The van der Waals surface area contributed by atoms with Crippen LogP contribution in [0.3, 0.4) is 0 Å². The van der Waals surface area contributed by atoms with Gasteiger partial charge in [0.2, 0.25) is 0 Å². The Hall–Kier alpha value is -0.730. The van der Waals surface area contributed by atoms with Crippen LogP contribution in [-0.4, -0.2) is 4.98 Å². The molecule has 12 heavy (non-hydrogen) atoms. The molecule has 0 aliphatic rings. The summed E-state index contributed by atoms with van der Waals surface area (Å²) in [6.45, 7) is 1.78. The minimum atomic E-state index is 0.486. The summed E-state index contributed by atoms with van der Waals surface area (Å²) in [5, 5.41) is 0.984. The van der Waals surface area contributed by atoms with Gasteiger partial charge >= 0.3 is 0 Å². The molecule has 0 N–H and O–H groups in total. The predicted molar refractivity (Wildman–Crippen MR) is 48.8 cm³/mol. The van der Waals surface area contributed by atoms with Crippen molar-refractivity contribution in [1.82, 2.24) is 4.98 Å². The van der Waals surface area contributed by atoms with Gasteiger partial charge in [0.1, 0.15) is 5.52 Å². The monoisotopic (exact) mass is 201 g/mol. The van der Waals surface area contributed by atoms with Crippen molar-refractivity contribution < 1.29 is 4.42 Å². The highest BCUT2D eigenvalue weighted by Gasteiger charge is 2.05. The Morgan fingerprint density at radius 1 is 1.25 bits per heavy atom. The Labute approximate surface area is 79.1 Å². The van der Waals surface area contributed by atoms with E-state index in [2.05, 4.69) is 4.98 Å². The molecule has 0 aliphatic heterocycles. The summed E-state index contributed by atoms with van der Waals surface area (Å²) in [4.78, 5) is 4.11. The lowest BCUT2D eigenvalue weighted by Crippen LogP contribution is -1.70. The zero-order valence-electron chi connectivity index (χ0n) is 6.27. The Bertz CT molecular complexity index is 397. The van der Waals surface area contributed by atoms with Crippen molar-refractivity contribution in [1.29, 1.82) is 0 Å². The van der Waals surface area contributed by atoms with Crippen LogP contribution in [-0.2, 0) is 0 Å². The molecule has 0 fully saturated rings. The number of fused-ring (bicyclic) bond motifs is 1. The van der Waals surface area contributed by atoms with E-state index >= 15 is 0 Å². The molecule has 1 heterocycles. The third kappa shape index (κ3) is 1.17. The molecule has 0 amide bonds. The predicted octanol–water partition coefficient (Wildman–Crippen LogP) is 3.44. The molecule has 0 saturated carbocycles. The summed E-state index contributed by atoms with van der Waals surface area (Å²) >= 11 is 11.6. The second kappa shape index (κ2) is 2.64. The van der Waals surface area contributed by atoms with Crippen LogP contribution in [0.15, 0.2) is 16.5 Å². The zero-order valence-corrected chi connectivity index (χ0v) is 7.78. The Kier molecular flexibility index (Phi) is 1.74. The van der Waals surface area contributed by atoms with Crippen molar-refractivity contribution in [2.75, 3.05) is 0 Å². The number of halogens is 2. The number of rotatable bonds is 0. The molecular weight excluding hydrogens is 197 g/mol. The van der Waals surface area contributed by atoms with E-state index < -0.39 is 0 Å². The first-order valence-electron chi connectivity index (χ1n) is 3.39. The van der Waals surface area contributed by atoms with Gasteiger partial charge in [-0.1, -0.05) is 23.2 Å². The zero-order chi connectivity index (χ0) is 8.72. The summed E-state index contributed by atoms with van der Waals surface area (Å²) in [5.74, 6) is 0.614. The van der Waals surface area contributed by atoms with E-state index in [1.165, 1.54) is 0 Å². The molecule has 2 nitrogen and oxygen atoms in total. The van der Waals surface area contributed by atoms with E-state index in [0.717, 1.165) is 5.52 Å². The van der Waals surface area contributed by atoms with Crippen LogP contribution in [0.25, 0.3) is 11.1 Å². The average molecular weight is 202 g/mol. The maximum Gasteiger partial charge on any atom is 0.192 e. The Balaban J connectivity index is 2.83. The normalized spacial score (nSPS) is 10.9. The Morgan fingerprint density at radius 3 is 2.67 bits per heavy atom. The molecule has 0 spiro atoms. The highest BCUT2D eigenvalue weighted by molar-refractivity contribution is 6.42. The smallest absolute Gasteiger partial charge is 0.192 e. The SMILES string of the molecule is Cc1nc2cc(Cl)c(Cl)cc2o1. The van der Waals surface area contributed by atoms with Gasteiger partial charge in [0.25, 0.3) is 0 Å². The standard InChI is InChI=1S/C8H5Cl2NO/c1-4-11-7-2-5(9)6(10)3-8(7)12-4/h2-3H,1H3.